The van der Waals surface area contributed by atoms with Crippen LogP contribution in [0.1, 0.15) is 11.1 Å². The van der Waals surface area contributed by atoms with Gasteiger partial charge in [-0.1, -0.05) is 42.5 Å². The van der Waals surface area contributed by atoms with E-state index in [9.17, 15) is 0 Å². The average Bonchev–Trinajstić information content (AvgIpc) is 3.21. The lowest BCUT2D eigenvalue weighted by atomic mass is 9.95. The first-order chi connectivity index (χ1) is 11.9. The van der Waals surface area contributed by atoms with Gasteiger partial charge in [-0.2, -0.15) is 0 Å². The molecular formula is C22H13NO. The van der Waals surface area contributed by atoms with Crippen molar-refractivity contribution in [3.05, 3.63) is 78.1 Å². The van der Waals surface area contributed by atoms with Gasteiger partial charge in [-0.15, -0.1) is 0 Å². The van der Waals surface area contributed by atoms with Crippen molar-refractivity contribution in [1.29, 1.82) is 0 Å². The van der Waals surface area contributed by atoms with E-state index in [2.05, 4.69) is 47.4 Å². The summed E-state index contributed by atoms with van der Waals surface area (Å²) >= 11 is 0. The molecule has 3 aromatic carbocycles. The summed E-state index contributed by atoms with van der Waals surface area (Å²) in [5.74, 6) is 0. The van der Waals surface area contributed by atoms with Gasteiger partial charge in [0.2, 0.25) is 0 Å². The Morgan fingerprint density at radius 3 is 2.71 bits per heavy atom. The molecular weight excluding hydrogens is 294 g/mol. The molecule has 0 saturated carbocycles. The Bertz CT molecular complexity index is 1280. The summed E-state index contributed by atoms with van der Waals surface area (Å²) in [5, 5.41) is 4.81. The van der Waals surface area contributed by atoms with Crippen molar-refractivity contribution in [2.75, 3.05) is 0 Å². The number of rotatable bonds is 0. The number of aromatic nitrogens is 1. The summed E-state index contributed by atoms with van der Waals surface area (Å²) in [6.07, 6.45) is 4.79. The van der Waals surface area contributed by atoms with Crippen LogP contribution in [0.5, 0.6) is 0 Å². The van der Waals surface area contributed by atoms with Gasteiger partial charge in [0.25, 0.3) is 0 Å². The molecule has 6 rings (SSSR count). The molecule has 0 bridgehead atoms. The van der Waals surface area contributed by atoms with Gasteiger partial charge in [0.1, 0.15) is 11.2 Å². The first-order valence-electron chi connectivity index (χ1n) is 8.20. The minimum Gasteiger partial charge on any atom is -0.456 e. The quantitative estimate of drug-likeness (QED) is 0.359. The summed E-state index contributed by atoms with van der Waals surface area (Å²) in [6, 6.07) is 19.1. The molecule has 0 saturated heterocycles. The van der Waals surface area contributed by atoms with Crippen LogP contribution in [0.25, 0.3) is 43.8 Å². The first-order valence-corrected chi connectivity index (χ1v) is 8.20. The normalized spacial score (nSPS) is 12.8. The second-order valence-corrected chi connectivity index (χ2v) is 6.41. The zero-order chi connectivity index (χ0) is 15.7. The largest absolute Gasteiger partial charge is 0.456 e. The number of hydrogen-bond acceptors (Lipinski definition) is 2. The molecule has 0 radical (unpaired) electrons. The highest BCUT2D eigenvalue weighted by atomic mass is 16.3. The number of para-hydroxylation sites is 1. The monoisotopic (exact) mass is 307 g/mol. The van der Waals surface area contributed by atoms with E-state index in [0.717, 1.165) is 17.6 Å². The fourth-order valence-corrected chi connectivity index (χ4v) is 4.20. The number of hydrogen-bond donors (Lipinski definition) is 0. The minimum absolute atomic E-state index is 0.931. The highest BCUT2D eigenvalue weighted by Gasteiger charge is 2.26. The first kappa shape index (κ1) is 12.3. The third-order valence-corrected chi connectivity index (χ3v) is 5.19. The van der Waals surface area contributed by atoms with E-state index >= 15 is 0 Å². The molecule has 2 aromatic heterocycles. The van der Waals surface area contributed by atoms with Crippen molar-refractivity contribution in [1.82, 2.24) is 4.98 Å². The van der Waals surface area contributed by atoms with Crippen molar-refractivity contribution in [3.63, 3.8) is 0 Å². The second-order valence-electron chi connectivity index (χ2n) is 6.41. The Kier molecular flexibility index (Phi) is 2.17. The van der Waals surface area contributed by atoms with Crippen LogP contribution >= 0.6 is 0 Å². The lowest BCUT2D eigenvalue weighted by Crippen LogP contribution is -1.86. The predicted octanol–water partition coefficient (Wildman–Crippen LogP) is 5.71. The molecule has 0 atom stereocenters. The van der Waals surface area contributed by atoms with Gasteiger partial charge in [-0.05, 0) is 34.2 Å². The van der Waals surface area contributed by atoms with E-state index in [1.165, 1.54) is 43.8 Å². The maximum absolute atomic E-state index is 6.31. The van der Waals surface area contributed by atoms with E-state index < -0.39 is 0 Å². The fourth-order valence-electron chi connectivity index (χ4n) is 4.20. The van der Waals surface area contributed by atoms with E-state index in [1.54, 1.807) is 0 Å². The molecule has 0 fully saturated rings. The minimum atomic E-state index is 0.931. The van der Waals surface area contributed by atoms with Crippen LogP contribution in [0.15, 0.2) is 71.4 Å². The molecule has 5 aromatic rings. The van der Waals surface area contributed by atoms with E-state index in [1.807, 2.05) is 24.5 Å². The van der Waals surface area contributed by atoms with E-state index in [-0.39, 0.29) is 0 Å². The molecule has 0 N–H and O–H groups in total. The summed E-state index contributed by atoms with van der Waals surface area (Å²) in [5.41, 5.74) is 7.28. The molecule has 1 aliphatic rings. The Balaban J connectivity index is 1.94. The molecule has 0 unspecified atom stereocenters. The summed E-state index contributed by atoms with van der Waals surface area (Å²) in [6.45, 7) is 0. The molecule has 24 heavy (non-hydrogen) atoms. The molecule has 112 valence electrons. The SMILES string of the molecule is c1ccc2c(c1)Cc1c-2c2ccncc2c2c1oc1ccccc12. The van der Waals surface area contributed by atoms with Gasteiger partial charge in [0.05, 0.1) is 0 Å². The second kappa shape index (κ2) is 4.24. The number of pyridine rings is 1. The van der Waals surface area contributed by atoms with Crippen molar-refractivity contribution >= 4 is 32.7 Å². The summed E-state index contributed by atoms with van der Waals surface area (Å²) in [4.78, 5) is 4.39. The van der Waals surface area contributed by atoms with Crippen molar-refractivity contribution < 1.29 is 4.42 Å². The van der Waals surface area contributed by atoms with Crippen molar-refractivity contribution in [3.8, 4) is 11.1 Å². The zero-order valence-corrected chi connectivity index (χ0v) is 12.9. The Hall–Kier alpha value is -3.13. The molecule has 2 heterocycles. The Morgan fingerprint density at radius 2 is 1.71 bits per heavy atom. The van der Waals surface area contributed by atoms with Gasteiger partial charge in [0, 0.05) is 40.5 Å². The Labute approximate surface area is 138 Å². The van der Waals surface area contributed by atoms with Gasteiger partial charge in [0.15, 0.2) is 0 Å². The van der Waals surface area contributed by atoms with Crippen LogP contribution in [0.4, 0.5) is 0 Å². The summed E-state index contributed by atoms with van der Waals surface area (Å²) in [7, 11) is 0. The fraction of sp³-hybridized carbons (Fsp3) is 0.0455. The molecule has 0 amide bonds. The lowest BCUT2D eigenvalue weighted by Gasteiger charge is -2.08. The van der Waals surface area contributed by atoms with Crippen LogP contribution in [-0.4, -0.2) is 4.98 Å². The van der Waals surface area contributed by atoms with Crippen molar-refractivity contribution in [2.45, 2.75) is 6.42 Å². The number of fused-ring (bicyclic) bond motifs is 10. The molecule has 0 aliphatic heterocycles. The highest BCUT2D eigenvalue weighted by molar-refractivity contribution is 6.24. The highest BCUT2D eigenvalue weighted by Crippen LogP contribution is 2.48. The topological polar surface area (TPSA) is 26.0 Å². The number of furan rings is 1. The third kappa shape index (κ3) is 1.39. The molecule has 0 spiro atoms. The maximum atomic E-state index is 6.31. The lowest BCUT2D eigenvalue weighted by molar-refractivity contribution is 0.665. The third-order valence-electron chi connectivity index (χ3n) is 5.19. The average molecular weight is 307 g/mol. The number of nitrogens with zero attached hydrogens (tertiary/aromatic N) is 1. The van der Waals surface area contributed by atoms with E-state index in [4.69, 9.17) is 4.42 Å². The predicted molar refractivity (Wildman–Crippen MR) is 97.3 cm³/mol. The maximum Gasteiger partial charge on any atom is 0.140 e. The van der Waals surface area contributed by atoms with Gasteiger partial charge < -0.3 is 4.42 Å². The molecule has 1 aliphatic carbocycles. The smallest absolute Gasteiger partial charge is 0.140 e. The molecule has 2 heteroatoms. The van der Waals surface area contributed by atoms with Crippen LogP contribution < -0.4 is 0 Å². The summed E-state index contributed by atoms with van der Waals surface area (Å²) < 4.78 is 6.31. The zero-order valence-electron chi connectivity index (χ0n) is 12.9. The standard InChI is InChI=1S/C22H13NO/c1-2-6-14-13(5-1)11-17-20(14)15-9-10-23-12-18(15)21-16-7-3-4-8-19(16)24-22(17)21/h1-10,12H,11H2. The van der Waals surface area contributed by atoms with Crippen LogP contribution in [-0.2, 0) is 6.42 Å². The van der Waals surface area contributed by atoms with E-state index in [0.29, 0.717) is 0 Å². The van der Waals surface area contributed by atoms with Crippen LogP contribution in [0.3, 0.4) is 0 Å². The van der Waals surface area contributed by atoms with Gasteiger partial charge in [-0.3, -0.25) is 4.98 Å². The van der Waals surface area contributed by atoms with Crippen LogP contribution in [0.2, 0.25) is 0 Å². The van der Waals surface area contributed by atoms with Crippen molar-refractivity contribution in [2.24, 2.45) is 0 Å². The Morgan fingerprint density at radius 1 is 0.833 bits per heavy atom. The van der Waals surface area contributed by atoms with Gasteiger partial charge in [-0.25, -0.2) is 0 Å². The van der Waals surface area contributed by atoms with Crippen LogP contribution in [0, 0.1) is 0 Å². The van der Waals surface area contributed by atoms with Gasteiger partial charge >= 0.3 is 0 Å². The molecule has 2 nitrogen and oxygen atoms in total. The number of benzene rings is 3.